The van der Waals surface area contributed by atoms with Crippen LogP contribution in [0.15, 0.2) is 24.3 Å². The van der Waals surface area contributed by atoms with Gasteiger partial charge in [-0.15, -0.1) is 0 Å². The zero-order chi connectivity index (χ0) is 16.1. The van der Waals surface area contributed by atoms with Crippen LogP contribution >= 0.6 is 11.5 Å². The second-order valence-electron chi connectivity index (χ2n) is 4.90. The Kier molecular flexibility index (Phi) is 5.38. The largest absolute Gasteiger partial charge is 0.378 e. The highest BCUT2D eigenvalue weighted by molar-refractivity contribution is 7.10. The number of nitrogens with zero attached hydrogens (tertiary/aromatic N) is 2. The molecule has 118 valence electrons. The molecule has 6 heteroatoms. The Morgan fingerprint density at radius 3 is 2.41 bits per heavy atom. The topological polar surface area (TPSA) is 57.3 Å². The summed E-state index contributed by atoms with van der Waals surface area (Å²) in [5.74, 6) is -0.133. The number of rotatable bonds is 6. The molecule has 0 unspecified atom stereocenters. The average molecular weight is 318 g/mol. The summed E-state index contributed by atoms with van der Waals surface area (Å²) in [5, 5.41) is 6.73. The number of nitrogens with one attached hydrogen (secondary N) is 2. The Balaban J connectivity index is 2.13. The summed E-state index contributed by atoms with van der Waals surface area (Å²) in [4.78, 5) is 14.7. The fourth-order valence-electron chi connectivity index (χ4n) is 2.35. The lowest BCUT2D eigenvalue weighted by Crippen LogP contribution is -2.21. The normalized spacial score (nSPS) is 10.4. The monoisotopic (exact) mass is 318 g/mol. The molecule has 0 radical (unpaired) electrons. The second kappa shape index (κ2) is 7.26. The van der Waals surface area contributed by atoms with Crippen LogP contribution in [0.2, 0.25) is 0 Å². The maximum Gasteiger partial charge on any atom is 0.260 e. The molecule has 1 heterocycles. The van der Waals surface area contributed by atoms with Crippen molar-refractivity contribution in [3.05, 3.63) is 35.5 Å². The Morgan fingerprint density at radius 2 is 1.86 bits per heavy atom. The van der Waals surface area contributed by atoms with Gasteiger partial charge < -0.3 is 15.5 Å². The summed E-state index contributed by atoms with van der Waals surface area (Å²) in [6.07, 6.45) is 0. The first kappa shape index (κ1) is 16.3. The molecule has 1 aromatic heterocycles. The maximum absolute atomic E-state index is 12.4. The quantitative estimate of drug-likeness (QED) is 0.854. The van der Waals surface area contributed by atoms with Gasteiger partial charge in [0.1, 0.15) is 5.00 Å². The molecule has 0 fully saturated rings. The minimum atomic E-state index is -0.133. The number of carbonyl (C=O) groups is 1. The van der Waals surface area contributed by atoms with Crippen molar-refractivity contribution in [3.8, 4) is 0 Å². The van der Waals surface area contributed by atoms with Gasteiger partial charge in [0.2, 0.25) is 0 Å². The molecular formula is C16H22N4OS. The van der Waals surface area contributed by atoms with E-state index in [1.807, 2.05) is 31.2 Å². The maximum atomic E-state index is 12.4. The van der Waals surface area contributed by atoms with Gasteiger partial charge in [-0.05, 0) is 56.6 Å². The van der Waals surface area contributed by atoms with Crippen LogP contribution in [-0.2, 0) is 0 Å². The first-order valence-corrected chi connectivity index (χ1v) is 8.18. The van der Waals surface area contributed by atoms with Crippen molar-refractivity contribution in [2.45, 2.75) is 20.8 Å². The molecule has 1 aromatic carbocycles. The minimum absolute atomic E-state index is 0.133. The molecule has 22 heavy (non-hydrogen) atoms. The zero-order valence-electron chi connectivity index (χ0n) is 13.4. The van der Waals surface area contributed by atoms with E-state index >= 15 is 0 Å². The number of hydrogen-bond acceptors (Lipinski definition) is 5. The Morgan fingerprint density at radius 1 is 1.23 bits per heavy atom. The number of carbonyl (C=O) groups excluding carboxylic acids is 1. The molecular weight excluding hydrogens is 296 g/mol. The van der Waals surface area contributed by atoms with E-state index in [0.29, 0.717) is 5.56 Å². The lowest BCUT2D eigenvalue weighted by molar-refractivity contribution is 0.102. The molecule has 0 aliphatic heterocycles. The third-order valence-electron chi connectivity index (χ3n) is 3.57. The van der Waals surface area contributed by atoms with Gasteiger partial charge >= 0.3 is 0 Å². The van der Waals surface area contributed by atoms with Crippen LogP contribution in [-0.4, -0.2) is 30.4 Å². The van der Waals surface area contributed by atoms with E-state index in [-0.39, 0.29) is 5.91 Å². The molecule has 0 saturated heterocycles. The second-order valence-corrected chi connectivity index (χ2v) is 5.67. The van der Waals surface area contributed by atoms with E-state index in [4.69, 9.17) is 0 Å². The molecule has 5 nitrogen and oxygen atoms in total. The number of aryl methyl sites for hydroxylation is 1. The fourth-order valence-corrected chi connectivity index (χ4v) is 3.09. The van der Waals surface area contributed by atoms with Crippen LogP contribution < -0.4 is 15.5 Å². The number of anilines is 3. The summed E-state index contributed by atoms with van der Waals surface area (Å²) in [5.41, 5.74) is 3.30. The first-order chi connectivity index (χ1) is 10.6. The van der Waals surface area contributed by atoms with Crippen molar-refractivity contribution < 1.29 is 4.79 Å². The van der Waals surface area contributed by atoms with E-state index in [2.05, 4.69) is 33.8 Å². The zero-order valence-corrected chi connectivity index (χ0v) is 14.3. The first-order valence-electron chi connectivity index (χ1n) is 7.41. The van der Waals surface area contributed by atoms with E-state index in [1.165, 1.54) is 11.5 Å². The molecule has 0 aliphatic carbocycles. The number of hydrogen-bond donors (Lipinski definition) is 2. The predicted octanol–water partition coefficient (Wildman–Crippen LogP) is 3.59. The SMILES string of the molecule is CCN(CC)c1ccc(NC(=O)c2c(C)nsc2NC)cc1. The molecule has 0 saturated carbocycles. The minimum Gasteiger partial charge on any atom is -0.378 e. The van der Waals surface area contributed by atoms with Crippen LogP contribution in [0.3, 0.4) is 0 Å². The Labute approximate surface area is 135 Å². The Bertz CT molecular complexity index is 632. The van der Waals surface area contributed by atoms with Crippen LogP contribution in [0.25, 0.3) is 0 Å². The smallest absolute Gasteiger partial charge is 0.260 e. The van der Waals surface area contributed by atoms with Gasteiger partial charge in [0, 0.05) is 31.5 Å². The van der Waals surface area contributed by atoms with Gasteiger partial charge in [-0.25, -0.2) is 0 Å². The summed E-state index contributed by atoms with van der Waals surface area (Å²) in [6.45, 7) is 8.03. The highest BCUT2D eigenvalue weighted by atomic mass is 32.1. The van der Waals surface area contributed by atoms with E-state index in [0.717, 1.165) is 35.2 Å². The molecule has 0 atom stereocenters. The highest BCUT2D eigenvalue weighted by Gasteiger charge is 2.17. The molecule has 2 aromatic rings. The van der Waals surface area contributed by atoms with Gasteiger partial charge in [-0.3, -0.25) is 4.79 Å². The summed E-state index contributed by atoms with van der Waals surface area (Å²) >= 11 is 1.30. The third kappa shape index (κ3) is 3.39. The molecule has 2 N–H and O–H groups in total. The van der Waals surface area contributed by atoms with E-state index in [9.17, 15) is 4.79 Å². The molecule has 1 amide bonds. The van der Waals surface area contributed by atoms with Crippen LogP contribution in [0, 0.1) is 6.92 Å². The predicted molar refractivity (Wildman–Crippen MR) is 94.4 cm³/mol. The van der Waals surface area contributed by atoms with Gasteiger partial charge in [0.15, 0.2) is 0 Å². The summed E-state index contributed by atoms with van der Waals surface area (Å²) in [7, 11) is 1.79. The van der Waals surface area contributed by atoms with Crippen molar-refractivity contribution in [2.75, 3.05) is 35.7 Å². The summed E-state index contributed by atoms with van der Waals surface area (Å²) in [6, 6.07) is 7.92. The van der Waals surface area contributed by atoms with E-state index in [1.54, 1.807) is 7.05 Å². The van der Waals surface area contributed by atoms with Crippen molar-refractivity contribution in [2.24, 2.45) is 0 Å². The fraction of sp³-hybridized carbons (Fsp3) is 0.375. The van der Waals surface area contributed by atoms with Crippen molar-refractivity contribution >= 4 is 33.8 Å². The van der Waals surface area contributed by atoms with Crippen LogP contribution in [0.1, 0.15) is 29.9 Å². The number of aromatic nitrogens is 1. The molecule has 2 rings (SSSR count). The standard InChI is InChI=1S/C16H22N4OS/c1-5-20(6-2)13-9-7-12(8-10-13)18-15(21)14-11(3)19-22-16(14)17-4/h7-10,17H,5-6H2,1-4H3,(H,18,21). The molecule has 0 aliphatic rings. The number of benzene rings is 1. The van der Waals surface area contributed by atoms with Crippen molar-refractivity contribution in [3.63, 3.8) is 0 Å². The van der Waals surface area contributed by atoms with Crippen molar-refractivity contribution in [1.29, 1.82) is 0 Å². The highest BCUT2D eigenvalue weighted by Crippen LogP contribution is 2.25. The van der Waals surface area contributed by atoms with Gasteiger partial charge in [-0.2, -0.15) is 4.37 Å². The lowest BCUT2D eigenvalue weighted by atomic mass is 10.2. The molecule has 0 bridgehead atoms. The molecule has 0 spiro atoms. The summed E-state index contributed by atoms with van der Waals surface area (Å²) < 4.78 is 4.22. The van der Waals surface area contributed by atoms with Crippen LogP contribution in [0.5, 0.6) is 0 Å². The van der Waals surface area contributed by atoms with Crippen molar-refractivity contribution in [1.82, 2.24) is 4.37 Å². The van der Waals surface area contributed by atoms with E-state index < -0.39 is 0 Å². The van der Waals surface area contributed by atoms with Gasteiger partial charge in [0.05, 0.1) is 11.3 Å². The third-order valence-corrected chi connectivity index (χ3v) is 4.53. The average Bonchev–Trinajstić information content (AvgIpc) is 2.91. The van der Waals surface area contributed by atoms with Gasteiger partial charge in [0.25, 0.3) is 5.91 Å². The lowest BCUT2D eigenvalue weighted by Gasteiger charge is -2.21. The van der Waals surface area contributed by atoms with Crippen LogP contribution in [0.4, 0.5) is 16.4 Å². The van der Waals surface area contributed by atoms with Gasteiger partial charge in [-0.1, -0.05) is 0 Å². The Hall–Kier alpha value is -2.08. The number of amides is 1.